The van der Waals surface area contributed by atoms with Gasteiger partial charge in [0, 0.05) is 19.7 Å². The first kappa shape index (κ1) is 21.5. The van der Waals surface area contributed by atoms with Crippen molar-refractivity contribution in [2.45, 2.75) is 11.5 Å². The van der Waals surface area contributed by atoms with E-state index in [2.05, 4.69) is 0 Å². The number of rotatable bonds is 8. The molecule has 0 amide bonds. The van der Waals surface area contributed by atoms with E-state index in [4.69, 9.17) is 4.74 Å². The predicted molar refractivity (Wildman–Crippen MR) is 118 cm³/mol. The molecule has 0 N–H and O–H groups in total. The van der Waals surface area contributed by atoms with E-state index >= 15 is 0 Å². The summed E-state index contributed by atoms with van der Waals surface area (Å²) in [5.41, 5.74) is 2.33. The fourth-order valence-corrected chi connectivity index (χ4v) is 3.62. The van der Waals surface area contributed by atoms with Crippen molar-refractivity contribution in [3.05, 3.63) is 102 Å². The largest absolute Gasteiger partial charge is 0.489 e. The summed E-state index contributed by atoms with van der Waals surface area (Å²) in [7, 11) is -0.581. The maximum atomic E-state index is 12.4. The van der Waals surface area contributed by atoms with Gasteiger partial charge in [-0.15, -0.1) is 0 Å². The molecule has 0 heterocycles. The number of carbonyl (C=O) groups is 1. The third-order valence-corrected chi connectivity index (χ3v) is 6.28. The van der Waals surface area contributed by atoms with Gasteiger partial charge in [-0.05, 0) is 53.6 Å². The van der Waals surface area contributed by atoms with Crippen LogP contribution in [0.1, 0.15) is 21.5 Å². The Labute approximate surface area is 177 Å². The Hall–Kier alpha value is -3.22. The quantitative estimate of drug-likeness (QED) is 0.399. The second kappa shape index (κ2) is 9.52. The highest BCUT2D eigenvalue weighted by Gasteiger charge is 2.17. The molecule has 6 heteroatoms. The third kappa shape index (κ3) is 5.43. The van der Waals surface area contributed by atoms with Crippen LogP contribution in [0.15, 0.2) is 89.8 Å². The molecule has 0 saturated carbocycles. The molecule has 0 atom stereocenters. The molecule has 0 bridgehead atoms. The maximum Gasteiger partial charge on any atom is 0.242 e. The molecule has 3 aromatic carbocycles. The molecule has 30 heavy (non-hydrogen) atoms. The zero-order chi connectivity index (χ0) is 21.6. The van der Waals surface area contributed by atoms with Crippen LogP contribution in [0, 0.1) is 0 Å². The summed E-state index contributed by atoms with van der Waals surface area (Å²) < 4.78 is 31.2. The molecule has 3 aromatic rings. The van der Waals surface area contributed by atoms with Crippen molar-refractivity contribution in [1.82, 2.24) is 4.31 Å². The summed E-state index contributed by atoms with van der Waals surface area (Å²) in [6, 6.07) is 23.3. The molecule has 154 valence electrons. The molecular weight excluding hydrogens is 398 g/mol. The molecule has 5 nitrogen and oxygen atoms in total. The second-order valence-corrected chi connectivity index (χ2v) is 9.01. The number of sulfonamides is 1. The van der Waals surface area contributed by atoms with Crippen molar-refractivity contribution < 1.29 is 17.9 Å². The minimum absolute atomic E-state index is 0.149. The lowest BCUT2D eigenvalue weighted by molar-refractivity contribution is 0.104. The van der Waals surface area contributed by atoms with Gasteiger partial charge >= 0.3 is 0 Å². The molecule has 0 aliphatic carbocycles. The van der Waals surface area contributed by atoms with E-state index in [1.54, 1.807) is 6.08 Å². The van der Waals surface area contributed by atoms with Crippen molar-refractivity contribution >= 4 is 21.9 Å². The zero-order valence-electron chi connectivity index (χ0n) is 16.9. The van der Waals surface area contributed by atoms with Gasteiger partial charge in [0.2, 0.25) is 10.0 Å². The molecule has 0 saturated heterocycles. The molecule has 0 radical (unpaired) electrons. The van der Waals surface area contributed by atoms with E-state index in [1.165, 1.54) is 44.4 Å². The van der Waals surface area contributed by atoms with E-state index in [9.17, 15) is 13.2 Å². The molecule has 0 unspecified atom stereocenters. The first-order chi connectivity index (χ1) is 14.4. The van der Waals surface area contributed by atoms with Gasteiger partial charge in [-0.2, -0.15) is 0 Å². The highest BCUT2D eigenvalue weighted by molar-refractivity contribution is 7.89. The Bertz CT molecular complexity index is 1140. The van der Waals surface area contributed by atoms with Crippen molar-refractivity contribution in [2.75, 3.05) is 14.1 Å². The van der Waals surface area contributed by atoms with Crippen LogP contribution in [0.25, 0.3) is 6.08 Å². The second-order valence-electron chi connectivity index (χ2n) is 6.86. The lowest BCUT2D eigenvalue weighted by Crippen LogP contribution is -2.22. The van der Waals surface area contributed by atoms with Crippen molar-refractivity contribution in [2.24, 2.45) is 0 Å². The fourth-order valence-electron chi connectivity index (χ4n) is 2.72. The fraction of sp³-hybridized carbons (Fsp3) is 0.125. The van der Waals surface area contributed by atoms with Crippen LogP contribution in [0.4, 0.5) is 0 Å². The number of hydrogen-bond donors (Lipinski definition) is 0. The van der Waals surface area contributed by atoms with Crippen LogP contribution in [0.5, 0.6) is 5.75 Å². The summed E-state index contributed by atoms with van der Waals surface area (Å²) in [5, 5.41) is 0. The first-order valence-corrected chi connectivity index (χ1v) is 10.8. The Morgan fingerprint density at radius 3 is 2.30 bits per heavy atom. The Morgan fingerprint density at radius 1 is 0.933 bits per heavy atom. The predicted octanol–water partition coefficient (Wildman–Crippen LogP) is 4.41. The van der Waals surface area contributed by atoms with Crippen LogP contribution in [-0.2, 0) is 16.6 Å². The molecule has 0 fully saturated rings. The van der Waals surface area contributed by atoms with Gasteiger partial charge in [-0.1, -0.05) is 48.5 Å². The van der Waals surface area contributed by atoms with Crippen LogP contribution in [-0.4, -0.2) is 32.6 Å². The normalized spacial score (nSPS) is 11.7. The van der Waals surface area contributed by atoms with Gasteiger partial charge in [0.15, 0.2) is 5.78 Å². The summed E-state index contributed by atoms with van der Waals surface area (Å²) in [5.74, 6) is 0.506. The van der Waals surface area contributed by atoms with Crippen LogP contribution in [0.3, 0.4) is 0 Å². The number of benzene rings is 3. The van der Waals surface area contributed by atoms with Gasteiger partial charge in [0.25, 0.3) is 0 Å². The topological polar surface area (TPSA) is 63.7 Å². The van der Waals surface area contributed by atoms with E-state index in [0.29, 0.717) is 17.9 Å². The molecule has 0 aromatic heterocycles. The number of ether oxygens (including phenoxy) is 1. The number of carbonyl (C=O) groups excluding carboxylic acids is 1. The minimum atomic E-state index is -3.51. The number of allylic oxidation sites excluding steroid dienone is 1. The average molecular weight is 422 g/mol. The average Bonchev–Trinajstić information content (AvgIpc) is 2.77. The highest BCUT2D eigenvalue weighted by atomic mass is 32.2. The minimum Gasteiger partial charge on any atom is -0.489 e. The summed E-state index contributed by atoms with van der Waals surface area (Å²) in [6.45, 7) is 0.467. The lowest BCUT2D eigenvalue weighted by atomic mass is 10.1. The van der Waals surface area contributed by atoms with Gasteiger partial charge in [0.05, 0.1) is 4.90 Å². The molecule has 0 spiro atoms. The Kier molecular flexibility index (Phi) is 6.82. The van der Waals surface area contributed by atoms with Crippen molar-refractivity contribution in [3.8, 4) is 5.75 Å². The maximum absolute atomic E-state index is 12.4. The van der Waals surface area contributed by atoms with Crippen LogP contribution in [0.2, 0.25) is 0 Å². The smallest absolute Gasteiger partial charge is 0.242 e. The van der Waals surface area contributed by atoms with Gasteiger partial charge in [0.1, 0.15) is 12.4 Å². The number of hydrogen-bond acceptors (Lipinski definition) is 4. The third-order valence-electron chi connectivity index (χ3n) is 4.45. The monoisotopic (exact) mass is 421 g/mol. The first-order valence-electron chi connectivity index (χ1n) is 9.38. The molecule has 3 rings (SSSR count). The zero-order valence-corrected chi connectivity index (χ0v) is 17.7. The Balaban J connectivity index is 1.66. The molecule has 0 aliphatic heterocycles. The van der Waals surface area contributed by atoms with E-state index < -0.39 is 10.0 Å². The van der Waals surface area contributed by atoms with Crippen LogP contribution >= 0.6 is 0 Å². The van der Waals surface area contributed by atoms with Crippen LogP contribution < -0.4 is 4.74 Å². The van der Waals surface area contributed by atoms with Crippen molar-refractivity contribution in [3.63, 3.8) is 0 Å². The number of nitrogens with zero attached hydrogens (tertiary/aromatic N) is 1. The SMILES string of the molecule is CN(C)S(=O)(=O)c1ccc(C(=O)/C=C/c2cccc(OCc3ccccc3)c2)cc1. The summed E-state index contributed by atoms with van der Waals surface area (Å²) >= 11 is 0. The molecule has 0 aliphatic rings. The van der Waals surface area contributed by atoms with Crippen molar-refractivity contribution in [1.29, 1.82) is 0 Å². The van der Waals surface area contributed by atoms with Gasteiger partial charge < -0.3 is 4.74 Å². The Morgan fingerprint density at radius 2 is 1.63 bits per heavy atom. The highest BCUT2D eigenvalue weighted by Crippen LogP contribution is 2.18. The summed E-state index contributed by atoms with van der Waals surface area (Å²) in [6.07, 6.45) is 3.17. The standard InChI is InChI=1S/C24H23NO4S/c1-25(2)30(27,28)23-14-12-21(13-15-23)24(26)16-11-19-9-6-10-22(17-19)29-18-20-7-4-3-5-8-20/h3-17H,18H2,1-2H3/b16-11+. The van der Waals surface area contributed by atoms with Gasteiger partial charge in [-0.3, -0.25) is 4.79 Å². The lowest BCUT2D eigenvalue weighted by Gasteiger charge is -2.11. The van der Waals surface area contributed by atoms with E-state index in [1.807, 2.05) is 54.6 Å². The summed E-state index contributed by atoms with van der Waals surface area (Å²) in [4.78, 5) is 12.6. The molecular formula is C24H23NO4S. The van der Waals surface area contributed by atoms with E-state index in [0.717, 1.165) is 15.4 Å². The van der Waals surface area contributed by atoms with Gasteiger partial charge in [-0.25, -0.2) is 12.7 Å². The van der Waals surface area contributed by atoms with E-state index in [-0.39, 0.29) is 10.7 Å². The number of ketones is 1.